The lowest BCUT2D eigenvalue weighted by atomic mass is 10.0. The lowest BCUT2D eigenvalue weighted by molar-refractivity contribution is -0.660. The molecule has 0 spiro atoms. The van der Waals surface area contributed by atoms with Crippen molar-refractivity contribution in [1.82, 2.24) is 0 Å². The molecule has 2 aromatic carbocycles. The van der Waals surface area contributed by atoms with Crippen LogP contribution in [0, 0.1) is 13.8 Å². The van der Waals surface area contributed by atoms with Crippen molar-refractivity contribution in [3.63, 3.8) is 0 Å². The first-order valence-electron chi connectivity index (χ1n) is 9.86. The highest BCUT2D eigenvalue weighted by atomic mass is 28.3. The van der Waals surface area contributed by atoms with Gasteiger partial charge in [0.2, 0.25) is 5.69 Å². The quantitative estimate of drug-likeness (QED) is 0.446. The van der Waals surface area contributed by atoms with Gasteiger partial charge >= 0.3 is 0 Å². The van der Waals surface area contributed by atoms with E-state index < -0.39 is 16.1 Å². The van der Waals surface area contributed by atoms with Crippen molar-refractivity contribution < 1.29 is 4.57 Å². The van der Waals surface area contributed by atoms with E-state index in [4.69, 9.17) is 0 Å². The highest BCUT2D eigenvalue weighted by Crippen LogP contribution is 2.23. The molecule has 1 aliphatic heterocycles. The third-order valence-electron chi connectivity index (χ3n) is 6.54. The molecule has 2 heterocycles. The maximum absolute atomic E-state index is 2.55. The molecule has 1 aliphatic rings. The Hall–Kier alpha value is -1.98. The van der Waals surface area contributed by atoms with Crippen LogP contribution in [0.2, 0.25) is 26.2 Å². The van der Waals surface area contributed by atoms with Crippen LogP contribution < -0.4 is 25.3 Å². The average molecular weight is 389 g/mol. The summed E-state index contributed by atoms with van der Waals surface area (Å²) in [7, 11) is -1.22. The van der Waals surface area contributed by atoms with Gasteiger partial charge in [-0.25, -0.2) is 4.57 Å². The van der Waals surface area contributed by atoms with Gasteiger partial charge in [0.25, 0.3) is 0 Å². The van der Waals surface area contributed by atoms with Crippen LogP contribution in [0.3, 0.4) is 0 Å². The second kappa shape index (κ2) is 6.01. The zero-order valence-corrected chi connectivity index (χ0v) is 19.6. The Morgan fingerprint density at radius 2 is 1.26 bits per heavy atom. The van der Waals surface area contributed by atoms with E-state index in [0.717, 1.165) is 0 Å². The molecule has 0 bridgehead atoms. The predicted octanol–water partition coefficient (Wildman–Crippen LogP) is 2.75. The molecule has 0 atom stereocenters. The number of rotatable bonds is 1. The normalized spacial score (nSPS) is 16.6. The molecule has 0 saturated carbocycles. The number of aromatic nitrogens is 1. The molecule has 0 saturated heterocycles. The number of hydrogen-bond donors (Lipinski definition) is 0. The molecule has 0 aliphatic carbocycles. The minimum Gasteiger partial charge on any atom is -0.201 e. The van der Waals surface area contributed by atoms with E-state index in [1.165, 1.54) is 22.4 Å². The number of benzene rings is 2. The van der Waals surface area contributed by atoms with Crippen molar-refractivity contribution in [2.24, 2.45) is 7.05 Å². The van der Waals surface area contributed by atoms with Gasteiger partial charge in [-0.05, 0) is 31.5 Å². The average Bonchev–Trinajstić information content (AvgIpc) is 2.61. The first-order chi connectivity index (χ1) is 12.6. The fraction of sp³-hybridized carbons (Fsp3) is 0.292. The maximum Gasteiger partial charge on any atom is 0.212 e. The van der Waals surface area contributed by atoms with Gasteiger partial charge in [-0.1, -0.05) is 77.3 Å². The topological polar surface area (TPSA) is 3.88 Å². The molecule has 0 N–H and O–H groups in total. The third-order valence-corrected chi connectivity index (χ3v) is 14.1. The van der Waals surface area contributed by atoms with Gasteiger partial charge in [0.05, 0.1) is 0 Å². The molecule has 3 aromatic rings. The van der Waals surface area contributed by atoms with Crippen molar-refractivity contribution in [1.29, 1.82) is 0 Å². The monoisotopic (exact) mass is 388 g/mol. The molecule has 0 fully saturated rings. The van der Waals surface area contributed by atoms with Crippen LogP contribution in [0.4, 0.5) is 0 Å². The fourth-order valence-electron chi connectivity index (χ4n) is 4.91. The largest absolute Gasteiger partial charge is 0.212 e. The predicted molar refractivity (Wildman–Crippen MR) is 122 cm³/mol. The summed E-state index contributed by atoms with van der Waals surface area (Å²) in [5, 5.41) is 6.62. The number of hydrogen-bond acceptors (Lipinski definition) is 0. The van der Waals surface area contributed by atoms with Gasteiger partial charge in [0, 0.05) is 17.2 Å². The third kappa shape index (κ3) is 2.67. The highest BCUT2D eigenvalue weighted by Gasteiger charge is 2.44. The van der Waals surface area contributed by atoms with E-state index in [1.54, 1.807) is 20.7 Å². The zero-order valence-electron chi connectivity index (χ0n) is 17.6. The van der Waals surface area contributed by atoms with Crippen LogP contribution in [0.15, 0.2) is 54.7 Å². The van der Waals surface area contributed by atoms with Crippen molar-refractivity contribution >= 4 is 36.9 Å². The number of aryl methyl sites for hydroxylation is 3. The van der Waals surface area contributed by atoms with Crippen LogP contribution in [0.5, 0.6) is 0 Å². The summed E-state index contributed by atoms with van der Waals surface area (Å²) in [5.74, 6) is 0. The minimum atomic E-state index is -1.71. The van der Waals surface area contributed by atoms with E-state index in [2.05, 4.69) is 106 Å². The number of pyridine rings is 1. The molecule has 27 heavy (non-hydrogen) atoms. The summed E-state index contributed by atoms with van der Waals surface area (Å²) < 4.78 is 2.28. The molecule has 0 unspecified atom stereocenters. The summed E-state index contributed by atoms with van der Waals surface area (Å²) in [6, 6.07) is 18.9. The lowest BCUT2D eigenvalue weighted by Crippen LogP contribution is -2.77. The maximum atomic E-state index is 2.55. The van der Waals surface area contributed by atoms with Crippen molar-refractivity contribution in [3.8, 4) is 11.3 Å². The van der Waals surface area contributed by atoms with E-state index >= 15 is 0 Å². The standard InChI is InChI=1S/C24H30NSi2/c1-17-12-13-20(25(3)16-17)19-15-24-23(14-18(19)2)26(4,5)21-10-8-9-11-22(21)27(24,6)7/h8-16H,1-7H3/q+1. The van der Waals surface area contributed by atoms with Gasteiger partial charge in [-0.3, -0.25) is 0 Å². The smallest absolute Gasteiger partial charge is 0.201 e. The SMILES string of the molecule is Cc1ccc(-c2cc3c(cc2C)[Si](C)(C)c2ccccc2[Si]3(C)C)[n+](C)c1. The van der Waals surface area contributed by atoms with Crippen LogP contribution >= 0.6 is 0 Å². The van der Waals surface area contributed by atoms with Crippen molar-refractivity contribution in [3.05, 3.63) is 65.9 Å². The second-order valence-electron chi connectivity index (χ2n) is 9.21. The highest BCUT2D eigenvalue weighted by molar-refractivity contribution is 7.16. The molecule has 0 amide bonds. The zero-order chi connectivity index (χ0) is 19.6. The molecule has 3 heteroatoms. The van der Waals surface area contributed by atoms with Crippen LogP contribution in [0.1, 0.15) is 11.1 Å². The van der Waals surface area contributed by atoms with Crippen LogP contribution in [-0.4, -0.2) is 16.1 Å². The van der Waals surface area contributed by atoms with Crippen LogP contribution in [0.25, 0.3) is 11.3 Å². The summed E-state index contributed by atoms with van der Waals surface area (Å²) >= 11 is 0. The summed E-state index contributed by atoms with van der Waals surface area (Å²) in [6.07, 6.45) is 2.23. The van der Waals surface area contributed by atoms with E-state index in [-0.39, 0.29) is 0 Å². The Morgan fingerprint density at radius 1 is 0.704 bits per heavy atom. The van der Waals surface area contributed by atoms with Crippen LogP contribution in [-0.2, 0) is 7.05 Å². The Balaban J connectivity index is 2.02. The summed E-state index contributed by atoms with van der Waals surface area (Å²) in [6.45, 7) is 14.6. The van der Waals surface area contributed by atoms with Gasteiger partial charge in [0.15, 0.2) is 6.20 Å². The number of nitrogens with zero attached hydrogens (tertiary/aromatic N) is 1. The minimum absolute atomic E-state index is 1.30. The molecular weight excluding hydrogens is 358 g/mol. The Labute approximate surface area is 165 Å². The van der Waals surface area contributed by atoms with Crippen molar-refractivity contribution in [2.75, 3.05) is 0 Å². The molecule has 4 rings (SSSR count). The van der Waals surface area contributed by atoms with Gasteiger partial charge < -0.3 is 0 Å². The molecule has 0 radical (unpaired) electrons. The van der Waals surface area contributed by atoms with Gasteiger partial charge in [0.1, 0.15) is 23.2 Å². The first-order valence-corrected chi connectivity index (χ1v) is 15.9. The number of fused-ring (bicyclic) bond motifs is 2. The Morgan fingerprint density at radius 3 is 1.81 bits per heavy atom. The Bertz CT molecular complexity index is 1060. The van der Waals surface area contributed by atoms with Gasteiger partial charge in [-0.15, -0.1) is 0 Å². The van der Waals surface area contributed by atoms with E-state index in [0.29, 0.717) is 0 Å². The Kier molecular flexibility index (Phi) is 4.09. The molecular formula is C24H30NSi2+. The molecule has 1 nitrogen and oxygen atoms in total. The fourth-order valence-corrected chi connectivity index (χ4v) is 14.4. The molecule has 138 valence electrons. The van der Waals surface area contributed by atoms with Gasteiger partial charge in [-0.2, -0.15) is 0 Å². The van der Waals surface area contributed by atoms with E-state index in [1.807, 2.05) is 0 Å². The second-order valence-corrected chi connectivity index (χ2v) is 17.9. The summed E-state index contributed by atoms with van der Waals surface area (Å²) in [5.41, 5.74) is 5.40. The first kappa shape index (κ1) is 18.4. The van der Waals surface area contributed by atoms with E-state index in [9.17, 15) is 0 Å². The summed E-state index contributed by atoms with van der Waals surface area (Å²) in [4.78, 5) is 0. The van der Waals surface area contributed by atoms with Crippen molar-refractivity contribution in [2.45, 2.75) is 40.0 Å². The molecule has 1 aromatic heterocycles. The lowest BCUT2D eigenvalue weighted by Gasteiger charge is -2.42.